The predicted molar refractivity (Wildman–Crippen MR) is 75.4 cm³/mol. The summed E-state index contributed by atoms with van der Waals surface area (Å²) in [7, 11) is 0. The van der Waals surface area contributed by atoms with E-state index in [4.69, 9.17) is 34.0 Å². The summed E-state index contributed by atoms with van der Waals surface area (Å²) in [6.07, 6.45) is -0.175. The second-order valence-corrected chi connectivity index (χ2v) is 4.78. The summed E-state index contributed by atoms with van der Waals surface area (Å²) in [5, 5.41) is 9.74. The second kappa shape index (κ2) is 5.47. The molecule has 0 aliphatic heterocycles. The molecule has 0 radical (unpaired) electrons. The Morgan fingerprint density at radius 2 is 2.00 bits per heavy atom. The summed E-state index contributed by atoms with van der Waals surface area (Å²) in [6, 6.07) is 8.13. The number of anilines is 1. The maximum Gasteiger partial charge on any atom is 0.309 e. The van der Waals surface area contributed by atoms with E-state index in [-0.39, 0.29) is 6.42 Å². The summed E-state index contributed by atoms with van der Waals surface area (Å²) in [4.78, 5) is 14.9. The lowest BCUT2D eigenvalue weighted by Crippen LogP contribution is -2.04. The van der Waals surface area contributed by atoms with Gasteiger partial charge in [0.2, 0.25) is 0 Å². The Morgan fingerprint density at radius 1 is 1.26 bits per heavy atom. The Bertz CT molecular complexity index is 645. The van der Waals surface area contributed by atoms with Gasteiger partial charge in [-0.25, -0.2) is 4.98 Å². The average Bonchev–Trinajstić information content (AvgIpc) is 2.34. The van der Waals surface area contributed by atoms with E-state index in [1.165, 1.54) is 0 Å². The Labute approximate surface area is 119 Å². The monoisotopic (exact) mass is 296 g/mol. The highest BCUT2D eigenvalue weighted by Crippen LogP contribution is 2.32. The number of pyridine rings is 1. The molecule has 2 rings (SSSR count). The van der Waals surface area contributed by atoms with E-state index >= 15 is 0 Å². The van der Waals surface area contributed by atoms with Gasteiger partial charge in [0.15, 0.2) is 0 Å². The first-order chi connectivity index (χ1) is 8.97. The molecule has 0 aliphatic carbocycles. The molecule has 1 aromatic carbocycles. The minimum Gasteiger partial charge on any atom is -0.481 e. The zero-order chi connectivity index (χ0) is 14.0. The van der Waals surface area contributed by atoms with Crippen molar-refractivity contribution in [3.63, 3.8) is 0 Å². The van der Waals surface area contributed by atoms with E-state index in [0.29, 0.717) is 32.7 Å². The Hall–Kier alpha value is -1.78. The van der Waals surface area contributed by atoms with Crippen LogP contribution in [0, 0.1) is 0 Å². The number of rotatable bonds is 3. The van der Waals surface area contributed by atoms with Crippen LogP contribution in [0.15, 0.2) is 30.3 Å². The van der Waals surface area contributed by atoms with Gasteiger partial charge in [0.1, 0.15) is 0 Å². The highest BCUT2D eigenvalue weighted by Gasteiger charge is 2.12. The van der Waals surface area contributed by atoms with Crippen molar-refractivity contribution < 1.29 is 9.90 Å². The van der Waals surface area contributed by atoms with Crippen molar-refractivity contribution in [2.75, 3.05) is 5.73 Å². The Balaban J connectivity index is 2.54. The fraction of sp³-hybridized carbons (Fsp3) is 0.0769. The van der Waals surface area contributed by atoms with Crippen molar-refractivity contribution in [1.29, 1.82) is 0 Å². The highest BCUT2D eigenvalue weighted by molar-refractivity contribution is 6.35. The molecule has 0 saturated heterocycles. The molecule has 0 aliphatic rings. The third kappa shape index (κ3) is 3.16. The van der Waals surface area contributed by atoms with Gasteiger partial charge in [-0.3, -0.25) is 4.79 Å². The number of nitrogen functional groups attached to an aromatic ring is 1. The number of halogens is 2. The molecule has 4 nitrogen and oxygen atoms in total. The lowest BCUT2D eigenvalue weighted by molar-refractivity contribution is -0.136. The van der Waals surface area contributed by atoms with Crippen molar-refractivity contribution in [3.05, 3.63) is 46.1 Å². The molecule has 0 spiro atoms. The molecule has 19 heavy (non-hydrogen) atoms. The molecule has 0 bridgehead atoms. The number of hydrogen-bond donors (Lipinski definition) is 2. The van der Waals surface area contributed by atoms with E-state index in [9.17, 15) is 4.79 Å². The topological polar surface area (TPSA) is 76.2 Å². The lowest BCUT2D eigenvalue weighted by atomic mass is 10.1. The minimum absolute atomic E-state index is 0.175. The minimum atomic E-state index is -0.958. The molecule has 0 atom stereocenters. The largest absolute Gasteiger partial charge is 0.481 e. The first-order valence-electron chi connectivity index (χ1n) is 5.40. The summed E-state index contributed by atoms with van der Waals surface area (Å²) in [5.74, 6) is -0.958. The second-order valence-electron chi connectivity index (χ2n) is 3.94. The van der Waals surface area contributed by atoms with Crippen LogP contribution < -0.4 is 5.73 Å². The Morgan fingerprint density at radius 3 is 2.68 bits per heavy atom. The third-order valence-corrected chi connectivity index (χ3v) is 3.06. The quantitative estimate of drug-likeness (QED) is 0.911. The molecule has 0 amide bonds. The summed E-state index contributed by atoms with van der Waals surface area (Å²) >= 11 is 12.0. The summed E-state index contributed by atoms with van der Waals surface area (Å²) in [5.41, 5.74) is 7.70. The number of carboxylic acids is 1. The predicted octanol–water partition coefficient (Wildman–Crippen LogP) is 3.26. The molecule has 1 aromatic heterocycles. The molecule has 0 saturated carbocycles. The summed E-state index contributed by atoms with van der Waals surface area (Å²) < 4.78 is 0. The van der Waals surface area contributed by atoms with Crippen molar-refractivity contribution in [2.24, 2.45) is 0 Å². The van der Waals surface area contributed by atoms with Crippen LogP contribution in [0.4, 0.5) is 5.69 Å². The van der Waals surface area contributed by atoms with Crippen LogP contribution in [-0.2, 0) is 11.2 Å². The zero-order valence-electron chi connectivity index (χ0n) is 9.73. The number of nitrogens with two attached hydrogens (primary N) is 1. The Kier molecular flexibility index (Phi) is 3.93. The molecule has 0 fully saturated rings. The van der Waals surface area contributed by atoms with Gasteiger partial charge in [-0.15, -0.1) is 0 Å². The first kappa shape index (κ1) is 13.6. The van der Waals surface area contributed by atoms with Gasteiger partial charge in [0.25, 0.3) is 0 Å². The molecular formula is C13H10Cl2N2O2. The molecule has 2 aromatic rings. The van der Waals surface area contributed by atoms with Gasteiger partial charge in [-0.2, -0.15) is 0 Å². The first-order valence-corrected chi connectivity index (χ1v) is 6.15. The standard InChI is InChI=1S/C13H10Cl2N2O2/c14-7-1-3-10(15)9(5-7)13-11(16)4-2-8(17-13)6-12(18)19/h1-5H,6,16H2,(H,18,19). The normalized spacial score (nSPS) is 10.4. The van der Waals surface area contributed by atoms with Gasteiger partial charge < -0.3 is 10.8 Å². The van der Waals surface area contributed by atoms with Crippen LogP contribution >= 0.6 is 23.2 Å². The molecule has 6 heteroatoms. The maximum atomic E-state index is 10.7. The number of aliphatic carboxylic acids is 1. The van der Waals surface area contributed by atoms with Gasteiger partial charge in [-0.1, -0.05) is 23.2 Å². The highest BCUT2D eigenvalue weighted by atomic mass is 35.5. The van der Waals surface area contributed by atoms with E-state index in [1.54, 1.807) is 30.3 Å². The number of hydrogen-bond acceptors (Lipinski definition) is 3. The molecule has 98 valence electrons. The SMILES string of the molecule is Nc1ccc(CC(=O)O)nc1-c1cc(Cl)ccc1Cl. The maximum absolute atomic E-state index is 10.7. The van der Waals surface area contributed by atoms with Crippen molar-refractivity contribution >= 4 is 34.9 Å². The molecular weight excluding hydrogens is 287 g/mol. The number of aromatic nitrogens is 1. The molecule has 1 heterocycles. The number of benzene rings is 1. The van der Waals surface area contributed by atoms with Gasteiger partial charge in [-0.05, 0) is 30.3 Å². The average molecular weight is 297 g/mol. The van der Waals surface area contributed by atoms with Crippen LogP contribution in [0.2, 0.25) is 10.0 Å². The fourth-order valence-corrected chi connectivity index (χ4v) is 2.04. The van der Waals surface area contributed by atoms with Crippen LogP contribution in [-0.4, -0.2) is 16.1 Å². The van der Waals surface area contributed by atoms with Crippen molar-refractivity contribution in [2.45, 2.75) is 6.42 Å². The molecule has 0 unspecified atom stereocenters. The van der Waals surface area contributed by atoms with E-state index in [2.05, 4.69) is 4.98 Å². The third-order valence-electron chi connectivity index (χ3n) is 2.50. The van der Waals surface area contributed by atoms with E-state index in [1.807, 2.05) is 0 Å². The van der Waals surface area contributed by atoms with Crippen molar-refractivity contribution in [3.8, 4) is 11.3 Å². The van der Waals surface area contributed by atoms with Gasteiger partial charge in [0, 0.05) is 10.6 Å². The fourth-order valence-electron chi connectivity index (χ4n) is 1.66. The van der Waals surface area contributed by atoms with E-state index in [0.717, 1.165) is 0 Å². The lowest BCUT2D eigenvalue weighted by Gasteiger charge is -2.09. The van der Waals surface area contributed by atoms with Crippen molar-refractivity contribution in [1.82, 2.24) is 4.98 Å². The number of nitrogens with zero attached hydrogens (tertiary/aromatic N) is 1. The zero-order valence-corrected chi connectivity index (χ0v) is 11.2. The van der Waals surface area contributed by atoms with Crippen LogP contribution in [0.5, 0.6) is 0 Å². The molecule has 3 N–H and O–H groups in total. The number of carbonyl (C=O) groups is 1. The van der Waals surface area contributed by atoms with Crippen LogP contribution in [0.1, 0.15) is 5.69 Å². The van der Waals surface area contributed by atoms with Gasteiger partial charge >= 0.3 is 5.97 Å². The van der Waals surface area contributed by atoms with Crippen LogP contribution in [0.3, 0.4) is 0 Å². The smallest absolute Gasteiger partial charge is 0.309 e. The van der Waals surface area contributed by atoms with E-state index < -0.39 is 5.97 Å². The number of carboxylic acid groups (broad SMARTS) is 1. The summed E-state index contributed by atoms with van der Waals surface area (Å²) in [6.45, 7) is 0. The van der Waals surface area contributed by atoms with Crippen LogP contribution in [0.25, 0.3) is 11.3 Å². The van der Waals surface area contributed by atoms with Gasteiger partial charge in [0.05, 0.1) is 28.5 Å².